The molecule has 0 spiro atoms. The van der Waals surface area contributed by atoms with Gasteiger partial charge in [0.2, 0.25) is 0 Å². The predicted molar refractivity (Wildman–Crippen MR) is 128 cm³/mol. The number of hydrogen-bond donors (Lipinski definition) is 1. The lowest BCUT2D eigenvalue weighted by atomic mass is 9.85. The van der Waals surface area contributed by atoms with Crippen molar-refractivity contribution in [2.24, 2.45) is 11.8 Å². The monoisotopic (exact) mass is 409 g/mol. The Hall–Kier alpha value is -2.42. The summed E-state index contributed by atoms with van der Waals surface area (Å²) in [6.45, 7) is 5.27. The fourth-order valence-corrected chi connectivity index (χ4v) is 5.97. The maximum absolute atomic E-state index is 11.0. The van der Waals surface area contributed by atoms with Crippen molar-refractivity contribution in [3.8, 4) is 0 Å². The zero-order chi connectivity index (χ0) is 20.9. The maximum Gasteiger partial charge on any atom is 0.0819 e. The number of aryl methyl sites for hydroxylation is 1. The Morgan fingerprint density at radius 3 is 2.71 bits per heavy atom. The third-order valence-electron chi connectivity index (χ3n) is 7.81. The van der Waals surface area contributed by atoms with Gasteiger partial charge in [-0.15, -0.1) is 0 Å². The standard InChI is InChI=1S/C29H31NO/c1-19-5-4-7-24(15-19)29(31)20-11-13-30(14-12-20)18-27-25-8-3-2-6-21(25)16-23-10-9-22-17-26(22)28(23)27/h2-10,15-16,20,22,26,29,31H,11-14,17-18H2,1H3. The number of benzene rings is 3. The number of hydrogen-bond acceptors (Lipinski definition) is 2. The van der Waals surface area contributed by atoms with Crippen molar-refractivity contribution in [2.45, 2.75) is 44.8 Å². The van der Waals surface area contributed by atoms with Crippen LogP contribution in [-0.4, -0.2) is 23.1 Å². The SMILES string of the molecule is Cc1cccc(C(O)C2CCN(Cc3c4c(cc5ccccc35)C=CC3CC43)CC2)c1. The Morgan fingerprint density at radius 1 is 1.03 bits per heavy atom. The number of likely N-dealkylation sites (tertiary alicyclic amines) is 1. The minimum Gasteiger partial charge on any atom is -0.388 e. The summed E-state index contributed by atoms with van der Waals surface area (Å²) in [6, 6.07) is 19.7. The highest BCUT2D eigenvalue weighted by Gasteiger charge is 2.41. The highest BCUT2D eigenvalue weighted by Crippen LogP contribution is 2.55. The second-order valence-corrected chi connectivity index (χ2v) is 9.92. The summed E-state index contributed by atoms with van der Waals surface area (Å²) >= 11 is 0. The van der Waals surface area contributed by atoms with Crippen LogP contribution in [0.1, 0.15) is 59.1 Å². The predicted octanol–water partition coefficient (Wildman–Crippen LogP) is 6.22. The molecule has 31 heavy (non-hydrogen) atoms. The fourth-order valence-electron chi connectivity index (χ4n) is 5.97. The van der Waals surface area contributed by atoms with E-state index in [1.165, 1.54) is 28.3 Å². The van der Waals surface area contributed by atoms with Gasteiger partial charge in [-0.3, -0.25) is 4.90 Å². The number of allylic oxidation sites excluding steroid dienone is 1. The molecule has 0 amide bonds. The molecule has 1 saturated carbocycles. The molecule has 0 radical (unpaired) electrons. The molecule has 1 heterocycles. The van der Waals surface area contributed by atoms with Crippen LogP contribution in [0.4, 0.5) is 0 Å². The molecule has 2 heteroatoms. The van der Waals surface area contributed by atoms with Crippen LogP contribution in [0.25, 0.3) is 16.8 Å². The second kappa shape index (κ2) is 7.62. The molecule has 0 bridgehead atoms. The summed E-state index contributed by atoms with van der Waals surface area (Å²) in [6.07, 6.45) is 7.89. The summed E-state index contributed by atoms with van der Waals surface area (Å²) in [7, 11) is 0. The molecule has 3 atom stereocenters. The highest BCUT2D eigenvalue weighted by molar-refractivity contribution is 5.90. The summed E-state index contributed by atoms with van der Waals surface area (Å²) in [5.74, 6) is 1.86. The zero-order valence-corrected chi connectivity index (χ0v) is 18.3. The van der Waals surface area contributed by atoms with Crippen molar-refractivity contribution in [1.29, 1.82) is 0 Å². The van der Waals surface area contributed by atoms with E-state index < -0.39 is 0 Å². The van der Waals surface area contributed by atoms with Gasteiger partial charge in [0.25, 0.3) is 0 Å². The van der Waals surface area contributed by atoms with E-state index in [9.17, 15) is 5.11 Å². The Bertz CT molecular complexity index is 1150. The molecule has 6 rings (SSSR count). The van der Waals surface area contributed by atoms with Crippen LogP contribution < -0.4 is 0 Å². The lowest BCUT2D eigenvalue weighted by Crippen LogP contribution is -2.35. The van der Waals surface area contributed by atoms with Crippen LogP contribution in [0.2, 0.25) is 0 Å². The van der Waals surface area contributed by atoms with Gasteiger partial charge in [0.15, 0.2) is 0 Å². The quantitative estimate of drug-likeness (QED) is 0.553. The van der Waals surface area contributed by atoms with E-state index in [0.29, 0.717) is 5.92 Å². The van der Waals surface area contributed by atoms with Crippen LogP contribution in [-0.2, 0) is 6.54 Å². The molecule has 3 unspecified atom stereocenters. The molecule has 1 saturated heterocycles. The molecular formula is C29H31NO. The van der Waals surface area contributed by atoms with E-state index in [4.69, 9.17) is 0 Å². The van der Waals surface area contributed by atoms with Crippen molar-refractivity contribution in [3.05, 3.63) is 88.5 Å². The number of fused-ring (bicyclic) bond motifs is 4. The van der Waals surface area contributed by atoms with Crippen molar-refractivity contribution < 1.29 is 5.11 Å². The normalized spacial score (nSPS) is 24.1. The van der Waals surface area contributed by atoms with Crippen molar-refractivity contribution >= 4 is 16.8 Å². The summed E-state index contributed by atoms with van der Waals surface area (Å²) < 4.78 is 0. The van der Waals surface area contributed by atoms with Crippen molar-refractivity contribution in [1.82, 2.24) is 4.90 Å². The topological polar surface area (TPSA) is 23.5 Å². The molecule has 1 N–H and O–H groups in total. The van der Waals surface area contributed by atoms with Gasteiger partial charge in [0, 0.05) is 6.54 Å². The lowest BCUT2D eigenvalue weighted by Gasteiger charge is -2.35. The van der Waals surface area contributed by atoms with E-state index in [0.717, 1.165) is 49.9 Å². The first-order valence-electron chi connectivity index (χ1n) is 11.9. The number of rotatable bonds is 4. The van der Waals surface area contributed by atoms with Gasteiger partial charge >= 0.3 is 0 Å². The van der Waals surface area contributed by atoms with Gasteiger partial charge in [-0.2, -0.15) is 0 Å². The molecule has 158 valence electrons. The minimum atomic E-state index is -0.343. The van der Waals surface area contributed by atoms with Gasteiger partial charge in [0.1, 0.15) is 0 Å². The molecule has 1 aliphatic heterocycles. The van der Waals surface area contributed by atoms with Gasteiger partial charge in [0.05, 0.1) is 6.10 Å². The molecule has 3 aliphatic rings. The molecule has 2 aliphatic carbocycles. The zero-order valence-electron chi connectivity index (χ0n) is 18.3. The van der Waals surface area contributed by atoms with Gasteiger partial charge in [-0.25, -0.2) is 0 Å². The number of piperidine rings is 1. The smallest absolute Gasteiger partial charge is 0.0819 e. The Morgan fingerprint density at radius 2 is 1.87 bits per heavy atom. The number of nitrogens with zero attached hydrogens (tertiary/aromatic N) is 1. The molecule has 3 aromatic carbocycles. The van der Waals surface area contributed by atoms with Gasteiger partial charge < -0.3 is 5.11 Å². The van der Waals surface area contributed by atoms with Crippen LogP contribution in [0.15, 0.2) is 60.7 Å². The second-order valence-electron chi connectivity index (χ2n) is 9.92. The minimum absolute atomic E-state index is 0.343. The molecule has 3 aromatic rings. The van der Waals surface area contributed by atoms with Gasteiger partial charge in [-0.1, -0.05) is 66.2 Å². The molecule has 2 nitrogen and oxygen atoms in total. The fraction of sp³-hybridized carbons (Fsp3) is 0.379. The van der Waals surface area contributed by atoms with Crippen LogP contribution in [0.5, 0.6) is 0 Å². The Labute approximate surface area is 185 Å². The highest BCUT2D eigenvalue weighted by atomic mass is 16.3. The third kappa shape index (κ3) is 3.52. The summed E-state index contributed by atoms with van der Waals surface area (Å²) in [5, 5.41) is 13.8. The summed E-state index contributed by atoms with van der Waals surface area (Å²) in [4.78, 5) is 2.62. The summed E-state index contributed by atoms with van der Waals surface area (Å²) in [5.41, 5.74) is 6.92. The van der Waals surface area contributed by atoms with E-state index in [1.54, 1.807) is 11.1 Å². The van der Waals surface area contributed by atoms with Crippen LogP contribution in [0.3, 0.4) is 0 Å². The first-order valence-corrected chi connectivity index (χ1v) is 11.9. The van der Waals surface area contributed by atoms with Crippen LogP contribution in [0, 0.1) is 18.8 Å². The van der Waals surface area contributed by atoms with E-state index in [2.05, 4.69) is 78.6 Å². The number of aliphatic hydroxyl groups is 1. The molecule has 2 fully saturated rings. The van der Waals surface area contributed by atoms with Gasteiger partial charge in [-0.05, 0) is 96.1 Å². The lowest BCUT2D eigenvalue weighted by molar-refractivity contribution is 0.0568. The average molecular weight is 410 g/mol. The Kier molecular flexibility index (Phi) is 4.74. The largest absolute Gasteiger partial charge is 0.388 e. The van der Waals surface area contributed by atoms with Crippen molar-refractivity contribution in [3.63, 3.8) is 0 Å². The molecular weight excluding hydrogens is 378 g/mol. The number of aliphatic hydroxyl groups excluding tert-OH is 1. The first-order chi connectivity index (χ1) is 15.2. The molecule has 0 aromatic heterocycles. The van der Waals surface area contributed by atoms with Crippen LogP contribution >= 0.6 is 0 Å². The third-order valence-corrected chi connectivity index (χ3v) is 7.81. The Balaban J connectivity index is 1.23. The van der Waals surface area contributed by atoms with E-state index in [-0.39, 0.29) is 6.10 Å². The van der Waals surface area contributed by atoms with E-state index >= 15 is 0 Å². The maximum atomic E-state index is 11.0. The average Bonchev–Trinajstić information content (AvgIpc) is 3.59. The first kappa shape index (κ1) is 19.3. The van der Waals surface area contributed by atoms with Crippen molar-refractivity contribution in [2.75, 3.05) is 13.1 Å². The van der Waals surface area contributed by atoms with E-state index in [1.807, 2.05) is 0 Å².